The largest absolute Gasteiger partial charge is 0.241 e. The van der Waals surface area contributed by atoms with Crippen LogP contribution in [0.25, 0.3) is 11.1 Å². The minimum Gasteiger partial charge on any atom is -0.241 e. The van der Waals surface area contributed by atoms with Crippen molar-refractivity contribution in [2.75, 3.05) is 0 Å². The number of pyridine rings is 1. The van der Waals surface area contributed by atoms with E-state index < -0.39 is 5.82 Å². The summed E-state index contributed by atoms with van der Waals surface area (Å²) in [5.41, 5.74) is 0.855. The van der Waals surface area contributed by atoms with Crippen LogP contribution in [-0.4, -0.2) is 4.98 Å². The van der Waals surface area contributed by atoms with Gasteiger partial charge in [-0.2, -0.15) is 0 Å². The Bertz CT molecular complexity index is 586. The molecule has 1 aromatic carbocycles. The number of hydrogen-bond donors (Lipinski definition) is 0. The van der Waals surface area contributed by atoms with Gasteiger partial charge in [-0.1, -0.05) is 52.5 Å². The van der Waals surface area contributed by atoms with Gasteiger partial charge in [0.2, 0.25) is 0 Å². The first-order chi connectivity index (χ1) is 8.00. The van der Waals surface area contributed by atoms with E-state index in [0.29, 0.717) is 16.1 Å². The van der Waals surface area contributed by atoms with E-state index in [1.165, 1.54) is 6.07 Å². The van der Waals surface area contributed by atoms with Gasteiger partial charge in [0.05, 0.1) is 21.3 Å². The van der Waals surface area contributed by atoms with E-state index in [9.17, 15) is 4.39 Å². The summed E-state index contributed by atoms with van der Waals surface area (Å²) in [6.45, 7) is 0. The van der Waals surface area contributed by atoms with E-state index in [-0.39, 0.29) is 15.2 Å². The highest BCUT2D eigenvalue weighted by atomic mass is 35.5. The van der Waals surface area contributed by atoms with Gasteiger partial charge < -0.3 is 0 Å². The fourth-order valence-corrected chi connectivity index (χ4v) is 2.19. The molecule has 0 aliphatic heterocycles. The molecule has 0 radical (unpaired) electrons. The molecule has 0 aliphatic rings. The second kappa shape index (κ2) is 4.99. The summed E-state index contributed by atoms with van der Waals surface area (Å²) < 4.78 is 13.1. The molecule has 0 saturated carbocycles. The van der Waals surface area contributed by atoms with Gasteiger partial charge in [-0.25, -0.2) is 9.37 Å². The predicted octanol–water partition coefficient (Wildman–Crippen LogP) is 5.50. The molecule has 0 atom stereocenters. The van der Waals surface area contributed by atoms with Gasteiger partial charge in [0, 0.05) is 11.1 Å². The van der Waals surface area contributed by atoms with E-state index in [1.54, 1.807) is 12.1 Å². The van der Waals surface area contributed by atoms with Crippen molar-refractivity contribution >= 4 is 46.4 Å². The lowest BCUT2D eigenvalue weighted by Crippen LogP contribution is -1.88. The Morgan fingerprint density at radius 3 is 2.35 bits per heavy atom. The highest BCUT2D eigenvalue weighted by Crippen LogP contribution is 2.39. The van der Waals surface area contributed by atoms with Crippen LogP contribution in [0.1, 0.15) is 0 Å². The van der Waals surface area contributed by atoms with E-state index in [2.05, 4.69) is 4.98 Å². The lowest BCUT2D eigenvalue weighted by Gasteiger charge is -2.08. The molecule has 6 heteroatoms. The van der Waals surface area contributed by atoms with Crippen molar-refractivity contribution in [1.82, 2.24) is 4.98 Å². The van der Waals surface area contributed by atoms with Crippen LogP contribution in [0.15, 0.2) is 24.4 Å². The molecular formula is C11H4Cl4FN. The molecule has 88 valence electrons. The molecule has 1 heterocycles. The molecule has 0 aliphatic carbocycles. The Labute approximate surface area is 117 Å². The monoisotopic (exact) mass is 309 g/mol. The van der Waals surface area contributed by atoms with Crippen LogP contribution >= 0.6 is 46.4 Å². The molecule has 0 spiro atoms. The Balaban J connectivity index is 2.69. The topological polar surface area (TPSA) is 12.9 Å². The lowest BCUT2D eigenvalue weighted by molar-refractivity contribution is 0.622. The number of rotatable bonds is 1. The van der Waals surface area contributed by atoms with Crippen molar-refractivity contribution in [3.63, 3.8) is 0 Å². The molecule has 17 heavy (non-hydrogen) atoms. The van der Waals surface area contributed by atoms with Crippen LogP contribution < -0.4 is 0 Å². The van der Waals surface area contributed by atoms with Crippen LogP contribution in [0.2, 0.25) is 20.2 Å². The summed E-state index contributed by atoms with van der Waals surface area (Å²) in [5.74, 6) is -0.508. The Kier molecular flexibility index (Phi) is 3.79. The maximum atomic E-state index is 13.1. The first kappa shape index (κ1) is 12.9. The highest BCUT2D eigenvalue weighted by molar-refractivity contribution is 6.49. The van der Waals surface area contributed by atoms with Crippen molar-refractivity contribution in [2.24, 2.45) is 0 Å². The second-order valence-electron chi connectivity index (χ2n) is 3.21. The Hall–Kier alpha value is -0.540. The molecule has 0 saturated heterocycles. The molecule has 2 rings (SSSR count). The van der Waals surface area contributed by atoms with Gasteiger partial charge in [-0.3, -0.25) is 0 Å². The maximum Gasteiger partial charge on any atom is 0.142 e. The number of nitrogens with zero attached hydrogens (tertiary/aromatic N) is 1. The highest BCUT2D eigenvalue weighted by Gasteiger charge is 2.14. The molecule has 0 unspecified atom stereocenters. The summed E-state index contributed by atoms with van der Waals surface area (Å²) in [6.07, 6.45) is 1.03. The van der Waals surface area contributed by atoms with Gasteiger partial charge >= 0.3 is 0 Å². The smallest absolute Gasteiger partial charge is 0.142 e. The molecule has 0 N–H and O–H groups in total. The standard InChI is InChI=1S/C11H4Cl4FN/c12-8-2-1-6(9(13)10(8)14)7-3-5(16)4-17-11(7)15/h1-4H. The zero-order valence-electron chi connectivity index (χ0n) is 8.15. The van der Waals surface area contributed by atoms with Gasteiger partial charge in [0.1, 0.15) is 11.0 Å². The molecule has 1 aromatic heterocycles. The lowest BCUT2D eigenvalue weighted by atomic mass is 10.1. The first-order valence-electron chi connectivity index (χ1n) is 4.45. The zero-order valence-corrected chi connectivity index (χ0v) is 11.2. The molecular weight excluding hydrogens is 307 g/mol. The second-order valence-corrected chi connectivity index (χ2v) is 4.74. The van der Waals surface area contributed by atoms with E-state index in [0.717, 1.165) is 6.20 Å². The third kappa shape index (κ3) is 2.50. The molecule has 0 bridgehead atoms. The summed E-state index contributed by atoms with van der Waals surface area (Å²) in [5, 5.41) is 0.882. The van der Waals surface area contributed by atoms with Crippen molar-refractivity contribution in [3.8, 4) is 11.1 Å². The average molecular weight is 311 g/mol. The van der Waals surface area contributed by atoms with Crippen LogP contribution in [0, 0.1) is 5.82 Å². The van der Waals surface area contributed by atoms with Crippen molar-refractivity contribution in [2.45, 2.75) is 0 Å². The summed E-state index contributed by atoms with van der Waals surface area (Å²) in [6, 6.07) is 4.41. The molecule has 0 fully saturated rings. The van der Waals surface area contributed by atoms with Gasteiger partial charge in [-0.05, 0) is 12.1 Å². The SMILES string of the molecule is Fc1cnc(Cl)c(-c2ccc(Cl)c(Cl)c2Cl)c1. The summed E-state index contributed by atoms with van der Waals surface area (Å²) in [4.78, 5) is 3.70. The molecule has 1 nitrogen and oxygen atoms in total. The maximum absolute atomic E-state index is 13.1. The fourth-order valence-electron chi connectivity index (χ4n) is 1.35. The Morgan fingerprint density at radius 1 is 0.941 bits per heavy atom. The summed E-state index contributed by atoms with van der Waals surface area (Å²) >= 11 is 23.6. The van der Waals surface area contributed by atoms with E-state index >= 15 is 0 Å². The molecule has 2 aromatic rings. The van der Waals surface area contributed by atoms with Crippen molar-refractivity contribution in [3.05, 3.63) is 50.4 Å². The minimum absolute atomic E-state index is 0.145. The van der Waals surface area contributed by atoms with Gasteiger partial charge in [0.15, 0.2) is 0 Å². The third-order valence-electron chi connectivity index (χ3n) is 2.13. The predicted molar refractivity (Wildman–Crippen MR) is 69.7 cm³/mol. The zero-order chi connectivity index (χ0) is 12.6. The van der Waals surface area contributed by atoms with Crippen LogP contribution in [0.5, 0.6) is 0 Å². The van der Waals surface area contributed by atoms with Crippen molar-refractivity contribution < 1.29 is 4.39 Å². The van der Waals surface area contributed by atoms with Crippen LogP contribution in [0.3, 0.4) is 0 Å². The van der Waals surface area contributed by atoms with E-state index in [4.69, 9.17) is 46.4 Å². The minimum atomic E-state index is -0.508. The third-order valence-corrected chi connectivity index (χ3v) is 3.73. The van der Waals surface area contributed by atoms with Crippen LogP contribution in [-0.2, 0) is 0 Å². The quantitative estimate of drug-likeness (QED) is 0.500. The summed E-state index contributed by atoms with van der Waals surface area (Å²) in [7, 11) is 0. The number of benzene rings is 1. The number of aromatic nitrogens is 1. The fraction of sp³-hybridized carbons (Fsp3) is 0. The first-order valence-corrected chi connectivity index (χ1v) is 5.97. The van der Waals surface area contributed by atoms with Gasteiger partial charge in [0.25, 0.3) is 0 Å². The Morgan fingerprint density at radius 2 is 1.65 bits per heavy atom. The van der Waals surface area contributed by atoms with Gasteiger partial charge in [-0.15, -0.1) is 0 Å². The normalized spacial score (nSPS) is 10.6. The van der Waals surface area contributed by atoms with Crippen molar-refractivity contribution in [1.29, 1.82) is 0 Å². The molecule has 0 amide bonds. The number of hydrogen-bond acceptors (Lipinski definition) is 1. The van der Waals surface area contributed by atoms with Crippen LogP contribution in [0.4, 0.5) is 4.39 Å². The van der Waals surface area contributed by atoms with E-state index in [1.807, 2.05) is 0 Å². The average Bonchev–Trinajstić information content (AvgIpc) is 2.30. The number of halogens is 5.